The van der Waals surface area contributed by atoms with E-state index in [1.54, 1.807) is 0 Å². The summed E-state index contributed by atoms with van der Waals surface area (Å²) >= 11 is 0. The monoisotopic (exact) mass is 613 g/mol. The summed E-state index contributed by atoms with van der Waals surface area (Å²) in [6.07, 6.45) is 0. The van der Waals surface area contributed by atoms with Crippen molar-refractivity contribution < 1.29 is 0 Å². The molecule has 3 nitrogen and oxygen atoms in total. The minimum Gasteiger partial charge on any atom is -0.341 e. The zero-order chi connectivity index (χ0) is 32.0. The summed E-state index contributed by atoms with van der Waals surface area (Å²) in [4.78, 5) is 10.9. The van der Waals surface area contributed by atoms with Gasteiger partial charge in [-0.3, -0.25) is 0 Å². The maximum atomic E-state index is 5.53. The van der Waals surface area contributed by atoms with Crippen LogP contribution in [-0.4, -0.2) is 11.7 Å². The number of allylic oxidation sites excluding steroid dienone is 1. The van der Waals surface area contributed by atoms with Crippen LogP contribution in [0.2, 0.25) is 0 Å². The van der Waals surface area contributed by atoms with Gasteiger partial charge >= 0.3 is 0 Å². The van der Waals surface area contributed by atoms with Gasteiger partial charge in [-0.15, -0.1) is 0 Å². The molecule has 0 radical (unpaired) electrons. The first-order chi connectivity index (χ1) is 23.7. The molecule has 1 aliphatic rings. The number of amidine groups is 2. The Balaban J connectivity index is 1.36. The Morgan fingerprint density at radius 1 is 0.417 bits per heavy atom. The Bertz CT molecular complexity index is 2630. The number of nitrogens with zero attached hydrogens (tertiary/aromatic N) is 2. The summed E-state index contributed by atoms with van der Waals surface area (Å²) in [6, 6.07) is 58.0. The minimum atomic E-state index is 0.673. The fourth-order valence-corrected chi connectivity index (χ4v) is 7.15. The molecule has 0 amide bonds. The molecule has 0 saturated carbocycles. The van der Waals surface area contributed by atoms with Gasteiger partial charge in [-0.1, -0.05) is 164 Å². The summed E-state index contributed by atoms with van der Waals surface area (Å²) in [5.41, 5.74) is 7.18. The Morgan fingerprint density at radius 2 is 1.02 bits per heavy atom. The molecule has 0 aromatic heterocycles. The van der Waals surface area contributed by atoms with Gasteiger partial charge in [-0.25, -0.2) is 9.98 Å². The Hall–Kier alpha value is -6.32. The standard InChI is InChI=1S/C45H31N3/c1-29-43(39-28-24-31-14-9-11-21-36(31)41(39)32-15-4-2-5-16-32)47-45(48-44(46-29)34-17-6-3-7-18-34)40-22-12-19-33-25-26-37-35-20-10-8-13-30(35)23-27-38(37)42(33)40/h2-28H,1H3,(H,46,47,48). The molecule has 8 aromatic rings. The average molecular weight is 614 g/mol. The van der Waals surface area contributed by atoms with Crippen LogP contribution in [0.25, 0.3) is 59.9 Å². The molecular weight excluding hydrogens is 583 g/mol. The van der Waals surface area contributed by atoms with E-state index in [4.69, 9.17) is 9.98 Å². The van der Waals surface area contributed by atoms with E-state index in [1.807, 2.05) is 6.07 Å². The zero-order valence-corrected chi connectivity index (χ0v) is 26.5. The normalized spacial score (nSPS) is 13.4. The molecule has 1 N–H and O–H groups in total. The highest BCUT2D eigenvalue weighted by Gasteiger charge is 2.22. The Kier molecular flexibility index (Phi) is 6.69. The van der Waals surface area contributed by atoms with Crippen LogP contribution in [-0.2, 0) is 0 Å². The van der Waals surface area contributed by atoms with E-state index in [9.17, 15) is 0 Å². The molecule has 0 atom stereocenters. The van der Waals surface area contributed by atoms with Gasteiger partial charge in [0.2, 0.25) is 0 Å². The van der Waals surface area contributed by atoms with Crippen molar-refractivity contribution in [1.82, 2.24) is 5.32 Å². The number of nitrogens with one attached hydrogen (secondary N) is 1. The molecule has 0 fully saturated rings. The van der Waals surface area contributed by atoms with E-state index >= 15 is 0 Å². The molecule has 0 saturated heterocycles. The largest absolute Gasteiger partial charge is 0.341 e. The predicted molar refractivity (Wildman–Crippen MR) is 204 cm³/mol. The van der Waals surface area contributed by atoms with Crippen molar-refractivity contribution in [1.29, 1.82) is 0 Å². The molecule has 1 aliphatic heterocycles. The number of fused-ring (bicyclic) bond motifs is 6. The topological polar surface area (TPSA) is 36.8 Å². The average Bonchev–Trinajstić information content (AvgIpc) is 3.33. The van der Waals surface area contributed by atoms with Crippen molar-refractivity contribution in [3.8, 4) is 11.1 Å². The van der Waals surface area contributed by atoms with E-state index in [0.717, 1.165) is 55.8 Å². The lowest BCUT2D eigenvalue weighted by Gasteiger charge is -2.17. The highest BCUT2D eigenvalue weighted by atomic mass is 15.1. The SMILES string of the molecule is CC1=C(c2ccc3ccccc3c2-c2ccccc2)N=C(c2cccc3ccc4c5ccccc5ccc4c23)N=C(c2ccccc2)N1. The maximum Gasteiger partial charge on any atom is 0.162 e. The quantitative estimate of drug-likeness (QED) is 0.197. The van der Waals surface area contributed by atoms with Crippen LogP contribution < -0.4 is 5.32 Å². The third kappa shape index (κ3) is 4.68. The van der Waals surface area contributed by atoms with Crippen molar-refractivity contribution in [2.45, 2.75) is 6.92 Å². The molecule has 9 rings (SSSR count). The minimum absolute atomic E-state index is 0.673. The number of hydrogen-bond donors (Lipinski definition) is 1. The van der Waals surface area contributed by atoms with Gasteiger partial charge in [0.25, 0.3) is 0 Å². The molecule has 0 unspecified atom stereocenters. The van der Waals surface area contributed by atoms with Crippen molar-refractivity contribution in [2.24, 2.45) is 9.98 Å². The lowest BCUT2D eigenvalue weighted by molar-refractivity contribution is 1.12. The summed E-state index contributed by atoms with van der Waals surface area (Å²) in [5, 5.41) is 13.3. The van der Waals surface area contributed by atoms with Crippen LogP contribution in [0.4, 0.5) is 0 Å². The molecule has 1 heterocycles. The summed E-state index contributed by atoms with van der Waals surface area (Å²) in [6.45, 7) is 2.11. The Morgan fingerprint density at radius 3 is 1.81 bits per heavy atom. The lowest BCUT2D eigenvalue weighted by Crippen LogP contribution is -2.23. The fraction of sp³-hybridized carbons (Fsp3) is 0.0222. The number of hydrogen-bond acceptors (Lipinski definition) is 3. The number of aliphatic imine (C=N–C) groups is 2. The van der Waals surface area contributed by atoms with E-state index in [0.29, 0.717) is 5.84 Å². The maximum absolute atomic E-state index is 5.53. The summed E-state index contributed by atoms with van der Waals surface area (Å²) in [7, 11) is 0. The van der Waals surface area contributed by atoms with Crippen molar-refractivity contribution in [3.05, 3.63) is 186 Å². The second-order valence-corrected chi connectivity index (χ2v) is 12.3. The smallest absolute Gasteiger partial charge is 0.162 e. The Labute approximate surface area is 279 Å². The predicted octanol–water partition coefficient (Wildman–Crippen LogP) is 11.2. The van der Waals surface area contributed by atoms with Crippen LogP contribution >= 0.6 is 0 Å². The van der Waals surface area contributed by atoms with Gasteiger partial charge in [0.05, 0.1) is 5.70 Å². The zero-order valence-electron chi connectivity index (χ0n) is 26.5. The van der Waals surface area contributed by atoms with E-state index in [-0.39, 0.29) is 0 Å². The summed E-state index contributed by atoms with van der Waals surface area (Å²) in [5.74, 6) is 1.44. The molecule has 0 bridgehead atoms. The first-order valence-corrected chi connectivity index (χ1v) is 16.3. The molecule has 0 spiro atoms. The third-order valence-electron chi connectivity index (χ3n) is 9.40. The van der Waals surface area contributed by atoms with Crippen LogP contribution in [0.5, 0.6) is 0 Å². The first kappa shape index (κ1) is 27.9. The van der Waals surface area contributed by atoms with E-state index in [1.165, 1.54) is 32.3 Å². The molecule has 0 aliphatic carbocycles. The van der Waals surface area contributed by atoms with Gasteiger partial charge in [-0.05, 0) is 55.8 Å². The summed E-state index contributed by atoms with van der Waals surface area (Å²) < 4.78 is 0. The van der Waals surface area contributed by atoms with Crippen LogP contribution in [0.3, 0.4) is 0 Å². The van der Waals surface area contributed by atoms with E-state index in [2.05, 4.69) is 170 Å². The molecule has 8 aromatic carbocycles. The van der Waals surface area contributed by atoms with E-state index < -0.39 is 0 Å². The van der Waals surface area contributed by atoms with Gasteiger partial charge in [-0.2, -0.15) is 0 Å². The van der Waals surface area contributed by atoms with Gasteiger partial charge < -0.3 is 5.32 Å². The fourth-order valence-electron chi connectivity index (χ4n) is 7.15. The van der Waals surface area contributed by atoms with Crippen molar-refractivity contribution in [3.63, 3.8) is 0 Å². The van der Waals surface area contributed by atoms with Gasteiger partial charge in [0, 0.05) is 27.8 Å². The van der Waals surface area contributed by atoms with Crippen molar-refractivity contribution >= 4 is 60.5 Å². The second-order valence-electron chi connectivity index (χ2n) is 12.3. The highest BCUT2D eigenvalue weighted by molar-refractivity contribution is 6.26. The number of rotatable bonds is 4. The van der Waals surface area contributed by atoms with Gasteiger partial charge in [0.15, 0.2) is 5.84 Å². The molecule has 3 heteroatoms. The van der Waals surface area contributed by atoms with Gasteiger partial charge in [0.1, 0.15) is 5.84 Å². The molecular formula is C45H31N3. The molecule has 48 heavy (non-hydrogen) atoms. The first-order valence-electron chi connectivity index (χ1n) is 16.3. The van der Waals surface area contributed by atoms with Crippen molar-refractivity contribution in [2.75, 3.05) is 0 Å². The highest BCUT2D eigenvalue weighted by Crippen LogP contribution is 2.39. The molecule has 226 valence electrons. The van der Waals surface area contributed by atoms with Crippen LogP contribution in [0.15, 0.2) is 179 Å². The lowest BCUT2D eigenvalue weighted by atomic mass is 9.91. The van der Waals surface area contributed by atoms with Crippen LogP contribution in [0, 0.1) is 0 Å². The third-order valence-corrected chi connectivity index (χ3v) is 9.40. The second kappa shape index (κ2) is 11.5. The van der Waals surface area contributed by atoms with Crippen LogP contribution in [0.1, 0.15) is 23.6 Å². The number of benzene rings is 8.